The third kappa shape index (κ3) is 5.09. The molecule has 0 atom stereocenters. The van der Waals surface area contributed by atoms with E-state index in [-0.39, 0.29) is 18.7 Å². The fraction of sp³-hybridized carbons (Fsp3) is 0.357. The summed E-state index contributed by atoms with van der Waals surface area (Å²) in [6.07, 6.45) is 0.0532. The van der Waals surface area contributed by atoms with E-state index in [2.05, 4.69) is 10.1 Å². The maximum Gasteiger partial charge on any atom is 0.337 e. The Hall–Kier alpha value is -2.37. The first-order valence-electron chi connectivity index (χ1n) is 6.20. The molecule has 1 aromatic rings. The first-order chi connectivity index (χ1) is 9.56. The van der Waals surface area contributed by atoms with E-state index >= 15 is 0 Å². The Balaban J connectivity index is 2.53. The Morgan fingerprint density at radius 1 is 1.20 bits per heavy atom. The molecule has 0 fully saturated rings. The van der Waals surface area contributed by atoms with Crippen molar-refractivity contribution in [2.24, 2.45) is 0 Å². The predicted octanol–water partition coefficient (Wildman–Crippen LogP) is 1.75. The van der Waals surface area contributed by atoms with E-state index in [4.69, 9.17) is 4.74 Å². The molecular formula is C14H17NO5. The van der Waals surface area contributed by atoms with Crippen molar-refractivity contribution in [1.29, 1.82) is 0 Å². The molecule has 0 radical (unpaired) electrons. The van der Waals surface area contributed by atoms with Gasteiger partial charge in [0, 0.05) is 12.1 Å². The first kappa shape index (κ1) is 15.7. The van der Waals surface area contributed by atoms with Crippen LogP contribution in [0.2, 0.25) is 0 Å². The van der Waals surface area contributed by atoms with Crippen LogP contribution < -0.4 is 5.32 Å². The van der Waals surface area contributed by atoms with E-state index in [0.717, 1.165) is 0 Å². The van der Waals surface area contributed by atoms with Crippen molar-refractivity contribution in [3.05, 3.63) is 29.8 Å². The van der Waals surface area contributed by atoms with Crippen LogP contribution in [0.1, 0.15) is 30.1 Å². The van der Waals surface area contributed by atoms with Crippen molar-refractivity contribution < 1.29 is 23.9 Å². The van der Waals surface area contributed by atoms with E-state index in [0.29, 0.717) is 17.9 Å². The lowest BCUT2D eigenvalue weighted by Gasteiger charge is -2.06. The van der Waals surface area contributed by atoms with Gasteiger partial charge in [-0.05, 0) is 25.1 Å². The average molecular weight is 279 g/mol. The van der Waals surface area contributed by atoms with Crippen LogP contribution in [-0.2, 0) is 19.1 Å². The van der Waals surface area contributed by atoms with Crippen LogP contribution in [0.15, 0.2) is 24.3 Å². The molecule has 0 saturated carbocycles. The van der Waals surface area contributed by atoms with E-state index in [1.54, 1.807) is 25.1 Å². The molecule has 0 spiro atoms. The van der Waals surface area contributed by atoms with E-state index < -0.39 is 11.9 Å². The summed E-state index contributed by atoms with van der Waals surface area (Å²) in [6, 6.07) is 6.37. The van der Waals surface area contributed by atoms with E-state index in [9.17, 15) is 14.4 Å². The molecule has 108 valence electrons. The average Bonchev–Trinajstić information content (AvgIpc) is 2.45. The molecule has 6 heteroatoms. The summed E-state index contributed by atoms with van der Waals surface area (Å²) in [5.41, 5.74) is 0.817. The number of nitrogens with one attached hydrogen (secondary N) is 1. The van der Waals surface area contributed by atoms with Gasteiger partial charge in [-0.3, -0.25) is 9.59 Å². The lowest BCUT2D eigenvalue weighted by molar-refractivity contribution is -0.144. The summed E-state index contributed by atoms with van der Waals surface area (Å²) in [4.78, 5) is 34.1. The maximum absolute atomic E-state index is 11.6. The fourth-order valence-corrected chi connectivity index (χ4v) is 1.51. The Bertz CT molecular complexity index is 498. The number of methoxy groups -OCH3 is 1. The number of carbonyl (C=O) groups is 3. The molecular weight excluding hydrogens is 262 g/mol. The molecule has 0 unspecified atom stereocenters. The molecule has 0 saturated heterocycles. The van der Waals surface area contributed by atoms with Crippen molar-refractivity contribution in [2.75, 3.05) is 19.0 Å². The molecule has 1 N–H and O–H groups in total. The summed E-state index contributed by atoms with van der Waals surface area (Å²) in [5.74, 6) is -1.21. The van der Waals surface area contributed by atoms with Crippen LogP contribution in [-0.4, -0.2) is 31.6 Å². The quantitative estimate of drug-likeness (QED) is 0.802. The predicted molar refractivity (Wildman–Crippen MR) is 72.3 cm³/mol. The molecule has 0 heterocycles. The highest BCUT2D eigenvalue weighted by atomic mass is 16.5. The molecule has 0 aromatic heterocycles. The number of hydrogen-bond donors (Lipinski definition) is 1. The standard InChI is InChI=1S/C14H17NO5/c1-3-20-13(17)8-7-12(16)15-11-6-4-5-10(9-11)14(18)19-2/h4-6,9H,3,7-8H2,1-2H3,(H,15,16). The second-order valence-electron chi connectivity index (χ2n) is 3.93. The van der Waals surface area contributed by atoms with E-state index in [1.807, 2.05) is 0 Å². The number of carbonyl (C=O) groups excluding carboxylic acids is 3. The Morgan fingerprint density at radius 2 is 1.95 bits per heavy atom. The van der Waals surface area contributed by atoms with Crippen molar-refractivity contribution in [3.63, 3.8) is 0 Å². The van der Waals surface area contributed by atoms with Crippen LogP contribution in [0, 0.1) is 0 Å². The van der Waals surface area contributed by atoms with Gasteiger partial charge in [0.1, 0.15) is 0 Å². The molecule has 0 aliphatic carbocycles. The lowest BCUT2D eigenvalue weighted by Crippen LogP contribution is -2.15. The molecule has 20 heavy (non-hydrogen) atoms. The number of anilines is 1. The molecule has 6 nitrogen and oxygen atoms in total. The zero-order valence-corrected chi connectivity index (χ0v) is 11.5. The Kier molecular flexibility index (Phi) is 6.22. The highest BCUT2D eigenvalue weighted by Crippen LogP contribution is 2.12. The van der Waals surface area contributed by atoms with Crippen LogP contribution in [0.3, 0.4) is 0 Å². The smallest absolute Gasteiger partial charge is 0.337 e. The van der Waals surface area contributed by atoms with Gasteiger partial charge in [-0.25, -0.2) is 4.79 Å². The molecule has 1 rings (SSSR count). The summed E-state index contributed by atoms with van der Waals surface area (Å²) in [7, 11) is 1.28. The van der Waals surface area contributed by atoms with Gasteiger partial charge in [-0.2, -0.15) is 0 Å². The van der Waals surface area contributed by atoms with Gasteiger partial charge < -0.3 is 14.8 Å². The summed E-state index contributed by atoms with van der Waals surface area (Å²) in [6.45, 7) is 2.00. The van der Waals surface area contributed by atoms with Crippen molar-refractivity contribution in [3.8, 4) is 0 Å². The van der Waals surface area contributed by atoms with Gasteiger partial charge in [0.2, 0.25) is 5.91 Å². The summed E-state index contributed by atoms with van der Waals surface area (Å²) >= 11 is 0. The van der Waals surface area contributed by atoms with Gasteiger partial charge in [0.15, 0.2) is 0 Å². The Morgan fingerprint density at radius 3 is 2.60 bits per heavy atom. The van der Waals surface area contributed by atoms with Gasteiger partial charge in [0.25, 0.3) is 0 Å². The second-order valence-corrected chi connectivity index (χ2v) is 3.93. The zero-order chi connectivity index (χ0) is 15.0. The lowest BCUT2D eigenvalue weighted by atomic mass is 10.2. The zero-order valence-electron chi connectivity index (χ0n) is 11.5. The SMILES string of the molecule is CCOC(=O)CCC(=O)Nc1cccc(C(=O)OC)c1. The largest absolute Gasteiger partial charge is 0.466 e. The van der Waals surface area contributed by atoms with E-state index in [1.165, 1.54) is 13.2 Å². The van der Waals surface area contributed by atoms with Crippen molar-refractivity contribution in [1.82, 2.24) is 0 Å². The third-order valence-electron chi connectivity index (χ3n) is 2.43. The first-order valence-corrected chi connectivity index (χ1v) is 6.20. The number of benzene rings is 1. The van der Waals surface area contributed by atoms with Crippen LogP contribution in [0.5, 0.6) is 0 Å². The number of rotatable bonds is 6. The van der Waals surface area contributed by atoms with Crippen molar-refractivity contribution in [2.45, 2.75) is 19.8 Å². The maximum atomic E-state index is 11.6. The number of amides is 1. The molecule has 0 aliphatic heterocycles. The molecule has 0 bridgehead atoms. The topological polar surface area (TPSA) is 81.7 Å². The van der Waals surface area contributed by atoms with Gasteiger partial charge in [-0.1, -0.05) is 6.07 Å². The highest BCUT2D eigenvalue weighted by molar-refractivity contribution is 5.95. The second kappa shape index (κ2) is 7.93. The minimum Gasteiger partial charge on any atom is -0.466 e. The van der Waals surface area contributed by atoms with Crippen molar-refractivity contribution >= 4 is 23.5 Å². The number of ether oxygens (including phenoxy) is 2. The minimum absolute atomic E-state index is 0.0242. The monoisotopic (exact) mass is 279 g/mol. The summed E-state index contributed by atoms with van der Waals surface area (Å²) in [5, 5.41) is 2.60. The van der Waals surface area contributed by atoms with Crippen LogP contribution in [0.25, 0.3) is 0 Å². The molecule has 1 amide bonds. The minimum atomic E-state index is -0.479. The molecule has 0 aliphatic rings. The van der Waals surface area contributed by atoms with Crippen LogP contribution >= 0.6 is 0 Å². The Labute approximate surface area is 117 Å². The van der Waals surface area contributed by atoms with Crippen LogP contribution in [0.4, 0.5) is 5.69 Å². The van der Waals surface area contributed by atoms with Gasteiger partial charge in [0.05, 0.1) is 25.7 Å². The molecule has 1 aromatic carbocycles. The van der Waals surface area contributed by atoms with Gasteiger partial charge in [-0.15, -0.1) is 0 Å². The third-order valence-corrected chi connectivity index (χ3v) is 2.43. The summed E-state index contributed by atoms with van der Waals surface area (Å²) < 4.78 is 9.32. The number of hydrogen-bond acceptors (Lipinski definition) is 5. The van der Waals surface area contributed by atoms with Gasteiger partial charge >= 0.3 is 11.9 Å². The fourth-order valence-electron chi connectivity index (χ4n) is 1.51. The normalized spacial score (nSPS) is 9.70. The number of esters is 2. The highest BCUT2D eigenvalue weighted by Gasteiger charge is 2.10.